The van der Waals surface area contributed by atoms with Crippen molar-refractivity contribution < 1.29 is 33.3 Å². The van der Waals surface area contributed by atoms with E-state index in [1.54, 1.807) is 0 Å². The summed E-state index contributed by atoms with van der Waals surface area (Å²) in [6, 6.07) is 0. The summed E-state index contributed by atoms with van der Waals surface area (Å²) in [5.74, 6) is -0.656. The predicted molar refractivity (Wildman–Crippen MR) is 101 cm³/mol. The number of esters is 1. The first kappa shape index (κ1) is 21.0. The number of allylic oxidation sites excluding steroid dienone is 2. The minimum absolute atomic E-state index is 0.118. The maximum absolute atomic E-state index is 11.9. The smallest absolute Gasteiger partial charge is 0.342 e. The minimum atomic E-state index is -2.84. The molecule has 0 bridgehead atoms. The molecule has 7 nitrogen and oxygen atoms in total. The number of methoxy groups -OCH3 is 1. The number of hydrogen-bond donors (Lipinski definition) is 1. The highest BCUT2D eigenvalue weighted by atomic mass is 31.2. The van der Waals surface area contributed by atoms with Crippen LogP contribution in [0.2, 0.25) is 0 Å². The molecule has 8 heteroatoms. The van der Waals surface area contributed by atoms with Gasteiger partial charge in [0.15, 0.2) is 0 Å². The van der Waals surface area contributed by atoms with Gasteiger partial charge < -0.3 is 19.1 Å². The summed E-state index contributed by atoms with van der Waals surface area (Å²) in [7, 11) is -1.33. The Labute approximate surface area is 158 Å². The van der Waals surface area contributed by atoms with E-state index < -0.39 is 19.3 Å². The van der Waals surface area contributed by atoms with Crippen molar-refractivity contribution in [2.24, 2.45) is 0 Å². The Balaban J connectivity index is 2.17. The third kappa shape index (κ3) is 4.92. The number of phenols is 1. The molecule has 0 radical (unpaired) electrons. The van der Waals surface area contributed by atoms with Crippen LogP contribution < -0.4 is 4.74 Å². The van der Waals surface area contributed by atoms with Gasteiger partial charge in [-0.3, -0.25) is 9.36 Å². The van der Waals surface area contributed by atoms with E-state index in [-0.39, 0.29) is 24.3 Å². The Bertz CT molecular complexity index is 848. The van der Waals surface area contributed by atoms with Gasteiger partial charge in [0, 0.05) is 30.9 Å². The largest absolute Gasteiger partial charge is 0.507 e. The SMILES string of the molecule is COc1c(C)c2c(c(O)c1C/C=C(\C)CCC(=O)OP(C)(C)=O)C(=O)OC2. The van der Waals surface area contributed by atoms with E-state index in [9.17, 15) is 19.3 Å². The Kier molecular flexibility index (Phi) is 6.37. The molecule has 1 N–H and O–H groups in total. The molecular weight excluding hydrogens is 371 g/mol. The summed E-state index contributed by atoms with van der Waals surface area (Å²) in [6.07, 6.45) is 2.74. The first-order chi connectivity index (χ1) is 12.5. The molecule has 0 aliphatic carbocycles. The number of hydrogen-bond acceptors (Lipinski definition) is 7. The van der Waals surface area contributed by atoms with Crippen molar-refractivity contribution in [1.29, 1.82) is 0 Å². The molecule has 0 amide bonds. The third-order valence-corrected chi connectivity index (χ3v) is 4.99. The molecule has 1 aromatic carbocycles. The van der Waals surface area contributed by atoms with E-state index in [0.29, 0.717) is 29.7 Å². The first-order valence-electron chi connectivity index (χ1n) is 8.56. The molecule has 1 aromatic rings. The van der Waals surface area contributed by atoms with Gasteiger partial charge in [0.1, 0.15) is 23.7 Å². The number of aromatic hydroxyl groups is 1. The summed E-state index contributed by atoms with van der Waals surface area (Å²) in [5.41, 5.74) is 3.00. The fourth-order valence-electron chi connectivity index (χ4n) is 3.00. The zero-order valence-corrected chi connectivity index (χ0v) is 17.1. The van der Waals surface area contributed by atoms with Crippen LogP contribution >= 0.6 is 7.37 Å². The van der Waals surface area contributed by atoms with Crippen LogP contribution in [0.15, 0.2) is 11.6 Å². The summed E-state index contributed by atoms with van der Waals surface area (Å²) in [5, 5.41) is 10.6. The normalized spacial score (nSPS) is 14.0. The number of rotatable bonds is 7. The first-order valence-corrected chi connectivity index (χ1v) is 11.1. The second kappa shape index (κ2) is 8.17. The van der Waals surface area contributed by atoms with Crippen molar-refractivity contribution in [3.05, 3.63) is 33.9 Å². The van der Waals surface area contributed by atoms with Crippen molar-refractivity contribution in [1.82, 2.24) is 0 Å². The second-order valence-corrected chi connectivity index (χ2v) is 9.57. The van der Waals surface area contributed by atoms with Gasteiger partial charge in [-0.05, 0) is 32.3 Å². The lowest BCUT2D eigenvalue weighted by Crippen LogP contribution is -2.03. The molecule has 1 aliphatic heterocycles. The monoisotopic (exact) mass is 396 g/mol. The van der Waals surface area contributed by atoms with Gasteiger partial charge in [-0.15, -0.1) is 0 Å². The Morgan fingerprint density at radius 1 is 1.33 bits per heavy atom. The highest BCUT2D eigenvalue weighted by molar-refractivity contribution is 7.57. The highest BCUT2D eigenvalue weighted by Gasteiger charge is 2.31. The zero-order valence-electron chi connectivity index (χ0n) is 16.2. The predicted octanol–water partition coefficient (Wildman–Crippen LogP) is 3.73. The molecule has 148 valence electrons. The van der Waals surface area contributed by atoms with Gasteiger partial charge >= 0.3 is 11.9 Å². The maximum atomic E-state index is 11.9. The van der Waals surface area contributed by atoms with Crippen molar-refractivity contribution in [2.75, 3.05) is 20.4 Å². The number of carbonyl (C=O) groups excluding carboxylic acids is 2. The van der Waals surface area contributed by atoms with Gasteiger partial charge in [0.25, 0.3) is 0 Å². The number of carbonyl (C=O) groups is 2. The van der Waals surface area contributed by atoms with E-state index in [4.69, 9.17) is 14.0 Å². The van der Waals surface area contributed by atoms with Crippen molar-refractivity contribution >= 4 is 19.3 Å². The number of benzene rings is 1. The van der Waals surface area contributed by atoms with Gasteiger partial charge in [-0.1, -0.05) is 11.6 Å². The maximum Gasteiger partial charge on any atom is 0.342 e. The highest BCUT2D eigenvalue weighted by Crippen LogP contribution is 2.42. The van der Waals surface area contributed by atoms with Gasteiger partial charge in [-0.2, -0.15) is 0 Å². The molecule has 1 heterocycles. The van der Waals surface area contributed by atoms with E-state index in [0.717, 1.165) is 11.1 Å². The van der Waals surface area contributed by atoms with Crippen LogP contribution in [-0.2, 0) is 31.6 Å². The van der Waals surface area contributed by atoms with E-state index in [2.05, 4.69) is 0 Å². The molecule has 0 saturated heterocycles. The van der Waals surface area contributed by atoms with E-state index >= 15 is 0 Å². The number of ether oxygens (including phenoxy) is 2. The molecular formula is C19H25O7P. The average molecular weight is 396 g/mol. The zero-order chi connectivity index (χ0) is 20.4. The lowest BCUT2D eigenvalue weighted by molar-refractivity contribution is -0.134. The molecule has 0 unspecified atom stereocenters. The fraction of sp³-hybridized carbons (Fsp3) is 0.474. The van der Waals surface area contributed by atoms with E-state index in [1.807, 2.05) is 19.9 Å². The Morgan fingerprint density at radius 2 is 2.00 bits per heavy atom. The van der Waals surface area contributed by atoms with Crippen LogP contribution in [0, 0.1) is 6.92 Å². The van der Waals surface area contributed by atoms with Crippen LogP contribution in [0.4, 0.5) is 0 Å². The lowest BCUT2D eigenvalue weighted by Gasteiger charge is -2.15. The molecule has 0 fully saturated rings. The van der Waals surface area contributed by atoms with Crippen LogP contribution in [0.1, 0.15) is 46.8 Å². The summed E-state index contributed by atoms with van der Waals surface area (Å²) in [6.45, 7) is 6.58. The molecule has 27 heavy (non-hydrogen) atoms. The Hall–Kier alpha value is -2.27. The molecule has 1 aliphatic rings. The average Bonchev–Trinajstić information content (AvgIpc) is 2.95. The van der Waals surface area contributed by atoms with Crippen molar-refractivity contribution in [3.8, 4) is 11.5 Å². The number of phenolic OH excluding ortho intramolecular Hbond substituents is 1. The van der Waals surface area contributed by atoms with Crippen LogP contribution in [0.5, 0.6) is 11.5 Å². The lowest BCUT2D eigenvalue weighted by atomic mass is 9.94. The molecule has 0 saturated carbocycles. The molecule has 0 atom stereocenters. The van der Waals surface area contributed by atoms with Crippen molar-refractivity contribution in [2.45, 2.75) is 39.7 Å². The standard InChI is InChI=1S/C19H25O7P/c1-11(7-9-15(20)26-27(4,5)23)6-8-13-17(21)16-14(10-25-19(16)22)12(2)18(13)24-3/h6,21H,7-10H2,1-5H3/b11-6+. The summed E-state index contributed by atoms with van der Waals surface area (Å²) in [4.78, 5) is 23.6. The van der Waals surface area contributed by atoms with Crippen LogP contribution in [-0.4, -0.2) is 37.5 Å². The summed E-state index contributed by atoms with van der Waals surface area (Å²) >= 11 is 0. The number of fused-ring (bicyclic) bond motifs is 1. The molecule has 0 aromatic heterocycles. The van der Waals surface area contributed by atoms with Gasteiger partial charge in [0.05, 0.1) is 7.11 Å². The van der Waals surface area contributed by atoms with Gasteiger partial charge in [-0.25, -0.2) is 4.79 Å². The quantitative estimate of drug-likeness (QED) is 0.426. The second-order valence-electron chi connectivity index (χ2n) is 6.89. The fourth-order valence-corrected chi connectivity index (χ4v) is 3.58. The number of cyclic esters (lactones) is 1. The topological polar surface area (TPSA) is 99.1 Å². The third-order valence-electron chi connectivity index (χ3n) is 4.35. The van der Waals surface area contributed by atoms with Gasteiger partial charge in [0.2, 0.25) is 7.37 Å². The molecule has 2 rings (SSSR count). The molecule has 0 spiro atoms. The van der Waals surface area contributed by atoms with Crippen LogP contribution in [0.25, 0.3) is 0 Å². The Morgan fingerprint density at radius 3 is 2.59 bits per heavy atom. The van der Waals surface area contributed by atoms with E-state index in [1.165, 1.54) is 20.4 Å². The van der Waals surface area contributed by atoms with Crippen molar-refractivity contribution in [3.63, 3.8) is 0 Å². The summed E-state index contributed by atoms with van der Waals surface area (Å²) < 4.78 is 26.8. The van der Waals surface area contributed by atoms with Crippen LogP contribution in [0.3, 0.4) is 0 Å². The minimum Gasteiger partial charge on any atom is -0.507 e.